The summed E-state index contributed by atoms with van der Waals surface area (Å²) in [7, 11) is 0. The highest BCUT2D eigenvalue weighted by Gasteiger charge is 2.16. The lowest BCUT2D eigenvalue weighted by Crippen LogP contribution is -2.36. The van der Waals surface area contributed by atoms with Gasteiger partial charge < -0.3 is 14.6 Å². The molecule has 0 saturated carbocycles. The molecule has 1 N–H and O–H groups in total. The van der Waals surface area contributed by atoms with E-state index in [4.69, 9.17) is 9.72 Å². The van der Waals surface area contributed by atoms with Gasteiger partial charge in [0.25, 0.3) is 0 Å². The van der Waals surface area contributed by atoms with Crippen LogP contribution < -0.4 is 5.32 Å². The number of fused-ring (bicyclic) bond motifs is 1. The molecule has 1 aromatic heterocycles. The van der Waals surface area contributed by atoms with Gasteiger partial charge in [0.2, 0.25) is 5.91 Å². The van der Waals surface area contributed by atoms with Crippen LogP contribution in [0.25, 0.3) is 11.0 Å². The quantitative estimate of drug-likeness (QED) is 0.875. The first-order chi connectivity index (χ1) is 12.1. The van der Waals surface area contributed by atoms with Crippen LogP contribution in [0.15, 0.2) is 18.2 Å². The Morgan fingerprint density at radius 2 is 2.08 bits per heavy atom. The number of imidazole rings is 1. The Bertz CT molecular complexity index is 732. The van der Waals surface area contributed by atoms with Crippen molar-refractivity contribution in [3.63, 3.8) is 0 Å². The van der Waals surface area contributed by atoms with Gasteiger partial charge >= 0.3 is 0 Å². The first-order valence-corrected chi connectivity index (χ1v) is 9.16. The van der Waals surface area contributed by atoms with Crippen LogP contribution in [-0.4, -0.2) is 46.7 Å². The summed E-state index contributed by atoms with van der Waals surface area (Å²) in [5.41, 5.74) is 2.87. The van der Waals surface area contributed by atoms with E-state index in [-0.39, 0.29) is 5.91 Å². The van der Waals surface area contributed by atoms with Gasteiger partial charge in [-0.3, -0.25) is 9.69 Å². The molecule has 1 fully saturated rings. The van der Waals surface area contributed by atoms with Crippen LogP contribution in [0.1, 0.15) is 33.0 Å². The van der Waals surface area contributed by atoms with Crippen molar-refractivity contribution in [1.82, 2.24) is 14.5 Å². The number of carbonyl (C=O) groups is 1. The molecule has 0 bridgehead atoms. The number of aromatic nitrogens is 2. The van der Waals surface area contributed by atoms with E-state index in [0.29, 0.717) is 12.3 Å². The van der Waals surface area contributed by atoms with Crippen molar-refractivity contribution in [3.8, 4) is 0 Å². The monoisotopic (exact) mass is 344 g/mol. The second-order valence-corrected chi connectivity index (χ2v) is 7.01. The molecule has 0 spiro atoms. The highest BCUT2D eigenvalue weighted by molar-refractivity contribution is 5.93. The molecular weight excluding hydrogens is 316 g/mol. The number of ether oxygens (including phenoxy) is 1. The summed E-state index contributed by atoms with van der Waals surface area (Å²) in [6.45, 7) is 11.4. The van der Waals surface area contributed by atoms with Crippen molar-refractivity contribution < 1.29 is 9.53 Å². The molecule has 1 aliphatic rings. The van der Waals surface area contributed by atoms with Crippen molar-refractivity contribution in [2.24, 2.45) is 5.92 Å². The van der Waals surface area contributed by atoms with E-state index in [1.165, 1.54) is 0 Å². The molecule has 1 aliphatic heterocycles. The van der Waals surface area contributed by atoms with Crippen LogP contribution in [0.3, 0.4) is 0 Å². The summed E-state index contributed by atoms with van der Waals surface area (Å²) in [6, 6.07) is 6.00. The smallest absolute Gasteiger partial charge is 0.224 e. The fourth-order valence-electron chi connectivity index (χ4n) is 3.27. The first-order valence-electron chi connectivity index (χ1n) is 9.16. The van der Waals surface area contributed by atoms with Crippen LogP contribution in [0.5, 0.6) is 0 Å². The van der Waals surface area contributed by atoms with Gasteiger partial charge in [-0.2, -0.15) is 0 Å². The molecule has 2 aromatic rings. The summed E-state index contributed by atoms with van der Waals surface area (Å²) in [4.78, 5) is 19.2. The van der Waals surface area contributed by atoms with Crippen molar-refractivity contribution in [2.75, 3.05) is 31.6 Å². The number of hydrogen-bond donors (Lipinski definition) is 1. The van der Waals surface area contributed by atoms with Gasteiger partial charge in [0.15, 0.2) is 0 Å². The average molecular weight is 344 g/mol. The molecule has 6 nitrogen and oxygen atoms in total. The minimum atomic E-state index is 0.0535. The maximum atomic E-state index is 12.0. The number of rotatable bonds is 6. The van der Waals surface area contributed by atoms with Gasteiger partial charge in [0.1, 0.15) is 5.82 Å². The Labute approximate surface area is 149 Å². The molecule has 1 amide bonds. The van der Waals surface area contributed by atoms with Crippen molar-refractivity contribution in [3.05, 3.63) is 24.0 Å². The third-order valence-electron chi connectivity index (χ3n) is 4.49. The van der Waals surface area contributed by atoms with E-state index >= 15 is 0 Å². The van der Waals surface area contributed by atoms with Gasteiger partial charge in [-0.15, -0.1) is 0 Å². The number of morpholine rings is 1. The van der Waals surface area contributed by atoms with Crippen LogP contribution >= 0.6 is 0 Å². The van der Waals surface area contributed by atoms with Gasteiger partial charge in [0, 0.05) is 31.7 Å². The van der Waals surface area contributed by atoms with E-state index in [2.05, 4.69) is 27.8 Å². The minimum absolute atomic E-state index is 0.0535. The summed E-state index contributed by atoms with van der Waals surface area (Å²) >= 11 is 0. The summed E-state index contributed by atoms with van der Waals surface area (Å²) in [6.07, 6.45) is 0.531. The molecule has 25 heavy (non-hydrogen) atoms. The van der Waals surface area contributed by atoms with Gasteiger partial charge in [-0.25, -0.2) is 4.98 Å². The zero-order valence-electron chi connectivity index (χ0n) is 15.4. The highest BCUT2D eigenvalue weighted by atomic mass is 16.5. The van der Waals surface area contributed by atoms with Crippen LogP contribution in [-0.2, 0) is 22.6 Å². The Kier molecular flexibility index (Phi) is 5.71. The molecule has 1 saturated heterocycles. The molecule has 0 radical (unpaired) electrons. The lowest BCUT2D eigenvalue weighted by atomic mass is 10.1. The van der Waals surface area contributed by atoms with Gasteiger partial charge in [-0.05, 0) is 31.0 Å². The molecule has 0 aliphatic carbocycles. The largest absolute Gasteiger partial charge is 0.379 e. The average Bonchev–Trinajstić information content (AvgIpc) is 2.91. The number of nitrogens with zero attached hydrogens (tertiary/aromatic N) is 3. The van der Waals surface area contributed by atoms with Crippen LogP contribution in [0.4, 0.5) is 5.69 Å². The third kappa shape index (κ3) is 4.38. The fourth-order valence-corrected chi connectivity index (χ4v) is 3.27. The van der Waals surface area contributed by atoms with E-state index in [0.717, 1.165) is 61.9 Å². The van der Waals surface area contributed by atoms with Crippen molar-refractivity contribution in [1.29, 1.82) is 0 Å². The summed E-state index contributed by atoms with van der Waals surface area (Å²) in [5, 5.41) is 2.98. The highest BCUT2D eigenvalue weighted by Crippen LogP contribution is 2.22. The van der Waals surface area contributed by atoms with E-state index in [1.54, 1.807) is 0 Å². The molecular formula is C19H28N4O2. The standard InChI is InChI=1S/C19H28N4O2/c1-4-23-17-6-5-15(20-19(24)11-14(2)3)12-16(17)21-18(23)13-22-7-9-25-10-8-22/h5-6,12,14H,4,7-11,13H2,1-3H3,(H,20,24). The third-order valence-corrected chi connectivity index (χ3v) is 4.49. The molecule has 2 heterocycles. The number of anilines is 1. The Morgan fingerprint density at radius 3 is 2.76 bits per heavy atom. The zero-order valence-corrected chi connectivity index (χ0v) is 15.4. The predicted octanol–water partition coefficient (Wildman–Crippen LogP) is 2.87. The van der Waals surface area contributed by atoms with E-state index < -0.39 is 0 Å². The molecule has 0 unspecified atom stereocenters. The molecule has 6 heteroatoms. The molecule has 0 atom stereocenters. The second kappa shape index (κ2) is 7.97. The number of hydrogen-bond acceptors (Lipinski definition) is 4. The Morgan fingerprint density at radius 1 is 1.32 bits per heavy atom. The Hall–Kier alpha value is -1.92. The topological polar surface area (TPSA) is 59.4 Å². The Balaban J connectivity index is 1.80. The minimum Gasteiger partial charge on any atom is -0.379 e. The van der Waals surface area contributed by atoms with Gasteiger partial charge in [-0.1, -0.05) is 13.8 Å². The summed E-state index contributed by atoms with van der Waals surface area (Å²) in [5.74, 6) is 1.48. The normalized spacial score (nSPS) is 15.8. The van der Waals surface area contributed by atoms with E-state index in [9.17, 15) is 4.79 Å². The zero-order chi connectivity index (χ0) is 17.8. The maximum absolute atomic E-state index is 12.0. The summed E-state index contributed by atoms with van der Waals surface area (Å²) < 4.78 is 7.68. The molecule has 3 rings (SSSR count). The molecule has 1 aromatic carbocycles. The number of nitrogens with one attached hydrogen (secondary N) is 1. The van der Waals surface area contributed by atoms with Crippen LogP contribution in [0.2, 0.25) is 0 Å². The number of benzene rings is 1. The second-order valence-electron chi connectivity index (χ2n) is 7.01. The van der Waals surface area contributed by atoms with Crippen molar-refractivity contribution in [2.45, 2.75) is 40.3 Å². The lowest BCUT2D eigenvalue weighted by molar-refractivity contribution is -0.116. The van der Waals surface area contributed by atoms with Crippen molar-refractivity contribution >= 4 is 22.6 Å². The maximum Gasteiger partial charge on any atom is 0.224 e. The molecule has 136 valence electrons. The predicted molar refractivity (Wildman–Crippen MR) is 99.6 cm³/mol. The SMILES string of the molecule is CCn1c(CN2CCOCC2)nc2cc(NC(=O)CC(C)C)ccc21. The fraction of sp³-hybridized carbons (Fsp3) is 0.579. The lowest BCUT2D eigenvalue weighted by Gasteiger charge is -2.26. The number of carbonyl (C=O) groups excluding carboxylic acids is 1. The van der Waals surface area contributed by atoms with E-state index in [1.807, 2.05) is 26.0 Å². The van der Waals surface area contributed by atoms with Crippen LogP contribution in [0, 0.1) is 5.92 Å². The number of amides is 1. The number of aryl methyl sites for hydroxylation is 1. The van der Waals surface area contributed by atoms with Gasteiger partial charge in [0.05, 0.1) is 30.8 Å². The first kappa shape index (κ1) is 17.9.